The first-order chi connectivity index (χ1) is 6.81. The molecule has 2 N–H and O–H groups in total. The lowest BCUT2D eigenvalue weighted by Gasteiger charge is -2.05. The van der Waals surface area contributed by atoms with E-state index in [0.29, 0.717) is 0 Å². The van der Waals surface area contributed by atoms with E-state index in [1.807, 2.05) is 23.6 Å². The van der Waals surface area contributed by atoms with Crippen LogP contribution in [0.15, 0.2) is 33.4 Å². The van der Waals surface area contributed by atoms with Crippen molar-refractivity contribution in [2.45, 2.75) is 19.4 Å². The highest BCUT2D eigenvalue weighted by atomic mass is 32.1. The van der Waals surface area contributed by atoms with Gasteiger partial charge in [0.15, 0.2) is 0 Å². The lowest BCUT2D eigenvalue weighted by Crippen LogP contribution is -2.09. The molecule has 3 heteroatoms. The molecule has 2 aromatic heterocycles. The third-order valence-corrected chi connectivity index (χ3v) is 2.94. The van der Waals surface area contributed by atoms with Gasteiger partial charge in [-0.2, -0.15) is 11.3 Å². The fraction of sp³-hybridized carbons (Fsp3) is 0.273. The normalized spacial score (nSPS) is 13.0. The summed E-state index contributed by atoms with van der Waals surface area (Å²) in [6.07, 6.45) is 0.913. The molecule has 0 aromatic carbocycles. The summed E-state index contributed by atoms with van der Waals surface area (Å²) in [5.74, 6) is 1.84. The van der Waals surface area contributed by atoms with E-state index in [1.165, 1.54) is 0 Å². The Kier molecular flexibility index (Phi) is 2.70. The van der Waals surface area contributed by atoms with Crippen molar-refractivity contribution in [2.24, 2.45) is 5.73 Å². The molecule has 0 aliphatic heterocycles. The van der Waals surface area contributed by atoms with Crippen molar-refractivity contribution in [1.29, 1.82) is 0 Å². The van der Waals surface area contributed by atoms with Crippen molar-refractivity contribution in [2.75, 3.05) is 0 Å². The van der Waals surface area contributed by atoms with Gasteiger partial charge in [0.2, 0.25) is 0 Å². The van der Waals surface area contributed by atoms with Gasteiger partial charge in [-0.15, -0.1) is 0 Å². The van der Waals surface area contributed by atoms with Crippen molar-refractivity contribution in [3.8, 4) is 0 Å². The lowest BCUT2D eigenvalue weighted by molar-refractivity contribution is 0.454. The second-order valence-corrected chi connectivity index (χ2v) is 3.97. The van der Waals surface area contributed by atoms with Gasteiger partial charge >= 0.3 is 0 Å². The van der Waals surface area contributed by atoms with E-state index in [9.17, 15) is 0 Å². The largest absolute Gasteiger partial charge is 0.464 e. The highest BCUT2D eigenvalue weighted by Crippen LogP contribution is 2.23. The van der Waals surface area contributed by atoms with Crippen LogP contribution >= 0.6 is 11.3 Å². The molecule has 14 heavy (non-hydrogen) atoms. The minimum Gasteiger partial charge on any atom is -0.464 e. The van der Waals surface area contributed by atoms with Crippen LogP contribution in [0.3, 0.4) is 0 Å². The van der Waals surface area contributed by atoms with Crippen LogP contribution in [0.1, 0.15) is 30.0 Å². The van der Waals surface area contributed by atoms with E-state index in [1.54, 1.807) is 11.3 Å². The van der Waals surface area contributed by atoms with Gasteiger partial charge in [0.05, 0.1) is 6.04 Å². The van der Waals surface area contributed by atoms with Gasteiger partial charge in [-0.05, 0) is 34.5 Å². The molecule has 0 fully saturated rings. The summed E-state index contributed by atoms with van der Waals surface area (Å²) in [6, 6.07) is 5.85. The lowest BCUT2D eigenvalue weighted by atomic mass is 10.1. The van der Waals surface area contributed by atoms with Crippen LogP contribution in [0.4, 0.5) is 0 Å². The maximum atomic E-state index is 6.04. The number of nitrogens with two attached hydrogens (primary N) is 1. The van der Waals surface area contributed by atoms with E-state index in [0.717, 1.165) is 23.5 Å². The van der Waals surface area contributed by atoms with Gasteiger partial charge in [-0.1, -0.05) is 6.92 Å². The summed E-state index contributed by atoms with van der Waals surface area (Å²) in [6.45, 7) is 2.07. The Bertz CT molecular complexity index is 391. The fourth-order valence-corrected chi connectivity index (χ4v) is 2.06. The number of thiophene rings is 1. The van der Waals surface area contributed by atoms with Crippen LogP contribution in [-0.2, 0) is 6.42 Å². The van der Waals surface area contributed by atoms with Gasteiger partial charge in [0.25, 0.3) is 0 Å². The molecule has 1 unspecified atom stereocenters. The van der Waals surface area contributed by atoms with Crippen LogP contribution in [0.2, 0.25) is 0 Å². The van der Waals surface area contributed by atoms with Gasteiger partial charge in [0.1, 0.15) is 11.5 Å². The number of aryl methyl sites for hydroxylation is 1. The Morgan fingerprint density at radius 3 is 2.86 bits per heavy atom. The molecule has 2 nitrogen and oxygen atoms in total. The van der Waals surface area contributed by atoms with Gasteiger partial charge in [0, 0.05) is 6.42 Å². The molecule has 0 aliphatic rings. The molecule has 2 rings (SSSR count). The molecule has 0 bridgehead atoms. The van der Waals surface area contributed by atoms with Crippen LogP contribution < -0.4 is 5.73 Å². The number of furan rings is 1. The smallest absolute Gasteiger partial charge is 0.125 e. The molecule has 0 radical (unpaired) electrons. The van der Waals surface area contributed by atoms with Crippen LogP contribution in [0, 0.1) is 0 Å². The average molecular weight is 207 g/mol. The molecule has 0 saturated carbocycles. The Hall–Kier alpha value is -1.06. The molecule has 0 aliphatic carbocycles. The van der Waals surface area contributed by atoms with E-state index in [-0.39, 0.29) is 6.04 Å². The predicted octanol–water partition coefficient (Wildman–Crippen LogP) is 2.95. The van der Waals surface area contributed by atoms with Crippen molar-refractivity contribution in [3.05, 3.63) is 46.0 Å². The van der Waals surface area contributed by atoms with Gasteiger partial charge < -0.3 is 10.2 Å². The zero-order chi connectivity index (χ0) is 9.97. The molecule has 0 amide bonds. The minimum absolute atomic E-state index is 0.124. The number of rotatable bonds is 3. The summed E-state index contributed by atoms with van der Waals surface area (Å²) in [5, 5.41) is 4.08. The monoisotopic (exact) mass is 207 g/mol. The Labute approximate surface area is 87.4 Å². The van der Waals surface area contributed by atoms with Gasteiger partial charge in [-0.25, -0.2) is 0 Å². The molecule has 0 spiro atoms. The van der Waals surface area contributed by atoms with Crippen molar-refractivity contribution in [3.63, 3.8) is 0 Å². The Morgan fingerprint density at radius 2 is 2.29 bits per heavy atom. The van der Waals surface area contributed by atoms with Crippen molar-refractivity contribution >= 4 is 11.3 Å². The first kappa shape index (κ1) is 9.49. The van der Waals surface area contributed by atoms with E-state index < -0.39 is 0 Å². The SMILES string of the molecule is CCc1ccc(C(N)c2ccsc2)o1. The van der Waals surface area contributed by atoms with E-state index in [4.69, 9.17) is 10.2 Å². The average Bonchev–Trinajstić information content (AvgIpc) is 2.88. The molecule has 0 saturated heterocycles. The highest BCUT2D eigenvalue weighted by Gasteiger charge is 2.12. The number of hydrogen-bond donors (Lipinski definition) is 1. The predicted molar refractivity (Wildman–Crippen MR) is 58.4 cm³/mol. The highest BCUT2D eigenvalue weighted by molar-refractivity contribution is 7.07. The van der Waals surface area contributed by atoms with Crippen LogP contribution in [0.25, 0.3) is 0 Å². The Balaban J connectivity index is 2.23. The quantitative estimate of drug-likeness (QED) is 0.840. The van der Waals surface area contributed by atoms with E-state index >= 15 is 0 Å². The van der Waals surface area contributed by atoms with Crippen LogP contribution in [-0.4, -0.2) is 0 Å². The van der Waals surface area contributed by atoms with Crippen molar-refractivity contribution < 1.29 is 4.42 Å². The third kappa shape index (κ3) is 1.74. The summed E-state index contributed by atoms with van der Waals surface area (Å²) in [5.41, 5.74) is 7.16. The van der Waals surface area contributed by atoms with Gasteiger partial charge in [-0.3, -0.25) is 0 Å². The summed E-state index contributed by atoms with van der Waals surface area (Å²) in [7, 11) is 0. The maximum Gasteiger partial charge on any atom is 0.125 e. The Morgan fingerprint density at radius 1 is 1.43 bits per heavy atom. The minimum atomic E-state index is -0.124. The van der Waals surface area contributed by atoms with Crippen LogP contribution in [0.5, 0.6) is 0 Å². The summed E-state index contributed by atoms with van der Waals surface area (Å²) in [4.78, 5) is 0. The zero-order valence-electron chi connectivity index (χ0n) is 8.07. The molecule has 2 heterocycles. The number of hydrogen-bond acceptors (Lipinski definition) is 3. The van der Waals surface area contributed by atoms with E-state index in [2.05, 4.69) is 12.3 Å². The molecule has 74 valence electrons. The first-order valence-corrected chi connectivity index (χ1v) is 5.62. The topological polar surface area (TPSA) is 39.2 Å². The molecular weight excluding hydrogens is 194 g/mol. The second-order valence-electron chi connectivity index (χ2n) is 3.19. The molecular formula is C11H13NOS. The first-order valence-electron chi connectivity index (χ1n) is 4.67. The second kappa shape index (κ2) is 3.98. The summed E-state index contributed by atoms with van der Waals surface area (Å²) < 4.78 is 5.60. The van der Waals surface area contributed by atoms with Crippen molar-refractivity contribution in [1.82, 2.24) is 0 Å². The zero-order valence-corrected chi connectivity index (χ0v) is 8.88. The molecule has 2 aromatic rings. The maximum absolute atomic E-state index is 6.04. The summed E-state index contributed by atoms with van der Waals surface area (Å²) >= 11 is 1.65. The fourth-order valence-electron chi connectivity index (χ4n) is 1.37. The molecule has 1 atom stereocenters. The standard InChI is InChI=1S/C11H13NOS/c1-2-9-3-4-10(13-9)11(12)8-5-6-14-7-8/h3-7,11H,2,12H2,1H3. The third-order valence-electron chi connectivity index (χ3n) is 2.24.